The van der Waals surface area contributed by atoms with Crippen molar-refractivity contribution in [3.8, 4) is 22.8 Å². The minimum Gasteiger partial charge on any atom is -0.508 e. The van der Waals surface area contributed by atoms with E-state index in [9.17, 15) is 5.11 Å². The van der Waals surface area contributed by atoms with Gasteiger partial charge in [-0.3, -0.25) is 0 Å². The van der Waals surface area contributed by atoms with Crippen molar-refractivity contribution in [2.75, 3.05) is 0 Å². The maximum Gasteiger partial charge on any atom is 0.132 e. The largest absolute Gasteiger partial charge is 0.508 e. The van der Waals surface area contributed by atoms with Gasteiger partial charge in [0.15, 0.2) is 0 Å². The number of nitrogens with zero attached hydrogens (tertiary/aromatic N) is 1. The highest BCUT2D eigenvalue weighted by atomic mass is 16.5. The second-order valence-electron chi connectivity index (χ2n) is 4.66. The first-order chi connectivity index (χ1) is 9.31. The molecule has 0 saturated heterocycles. The average molecular weight is 249 g/mol. The number of ether oxygens (including phenoxy) is 1. The van der Waals surface area contributed by atoms with E-state index in [-0.39, 0.29) is 5.75 Å². The molecule has 2 heterocycles. The third kappa shape index (κ3) is 1.55. The van der Waals surface area contributed by atoms with Gasteiger partial charge in [0.2, 0.25) is 0 Å². The van der Waals surface area contributed by atoms with Crippen LogP contribution in [-0.2, 0) is 6.61 Å². The van der Waals surface area contributed by atoms with Crippen molar-refractivity contribution >= 4 is 10.9 Å². The van der Waals surface area contributed by atoms with E-state index < -0.39 is 0 Å². The van der Waals surface area contributed by atoms with Crippen LogP contribution >= 0.6 is 0 Å². The Morgan fingerprint density at radius 3 is 2.89 bits per heavy atom. The van der Waals surface area contributed by atoms with Gasteiger partial charge in [-0.05, 0) is 24.3 Å². The van der Waals surface area contributed by atoms with Crippen molar-refractivity contribution < 1.29 is 9.84 Å². The molecule has 0 saturated carbocycles. The quantitative estimate of drug-likeness (QED) is 0.663. The fourth-order valence-corrected chi connectivity index (χ4v) is 2.48. The van der Waals surface area contributed by atoms with E-state index in [1.54, 1.807) is 12.1 Å². The number of fused-ring (bicyclic) bond motifs is 4. The molecular formula is C16H11NO2. The fourth-order valence-electron chi connectivity index (χ4n) is 2.48. The molecule has 0 fully saturated rings. The second kappa shape index (κ2) is 3.72. The maximum absolute atomic E-state index is 9.51. The molecule has 2 aromatic carbocycles. The summed E-state index contributed by atoms with van der Waals surface area (Å²) < 4.78 is 5.68. The molecule has 0 amide bonds. The van der Waals surface area contributed by atoms with Crippen LogP contribution in [0.4, 0.5) is 0 Å². The Morgan fingerprint density at radius 2 is 1.95 bits per heavy atom. The van der Waals surface area contributed by atoms with Crippen molar-refractivity contribution in [1.82, 2.24) is 4.98 Å². The summed E-state index contributed by atoms with van der Waals surface area (Å²) in [5, 5.41) is 10.6. The smallest absolute Gasteiger partial charge is 0.132 e. The summed E-state index contributed by atoms with van der Waals surface area (Å²) in [7, 11) is 0. The van der Waals surface area contributed by atoms with Gasteiger partial charge in [0.05, 0.1) is 11.2 Å². The Bertz CT molecular complexity index is 796. The van der Waals surface area contributed by atoms with E-state index in [1.165, 1.54) is 0 Å². The van der Waals surface area contributed by atoms with Crippen LogP contribution in [0.2, 0.25) is 0 Å². The highest BCUT2D eigenvalue weighted by Crippen LogP contribution is 2.39. The third-order valence-corrected chi connectivity index (χ3v) is 3.41. The van der Waals surface area contributed by atoms with Crippen LogP contribution in [-0.4, -0.2) is 10.1 Å². The van der Waals surface area contributed by atoms with Gasteiger partial charge in [-0.1, -0.05) is 18.2 Å². The van der Waals surface area contributed by atoms with Gasteiger partial charge in [0.25, 0.3) is 0 Å². The Balaban J connectivity index is 2.02. The molecule has 1 aromatic heterocycles. The van der Waals surface area contributed by atoms with Gasteiger partial charge < -0.3 is 9.84 Å². The summed E-state index contributed by atoms with van der Waals surface area (Å²) in [4.78, 5) is 4.73. The minimum atomic E-state index is 0.211. The van der Waals surface area contributed by atoms with Gasteiger partial charge in [-0.25, -0.2) is 4.98 Å². The summed E-state index contributed by atoms with van der Waals surface area (Å²) >= 11 is 0. The lowest BCUT2D eigenvalue weighted by atomic mass is 10.0. The maximum atomic E-state index is 9.51. The van der Waals surface area contributed by atoms with E-state index in [4.69, 9.17) is 9.72 Å². The van der Waals surface area contributed by atoms with Gasteiger partial charge in [-0.15, -0.1) is 0 Å². The van der Waals surface area contributed by atoms with Crippen molar-refractivity contribution in [1.29, 1.82) is 0 Å². The standard InChI is InChI=1S/C16H11NO2/c18-12-5-6-13-15(8-12)19-9-11-7-10-3-1-2-4-14(10)17-16(11)13/h1-8,18H,9H2. The summed E-state index contributed by atoms with van der Waals surface area (Å²) in [6.07, 6.45) is 0. The number of rotatable bonds is 0. The number of aromatic nitrogens is 1. The van der Waals surface area contributed by atoms with Crippen LogP contribution in [0, 0.1) is 0 Å². The molecular weight excluding hydrogens is 238 g/mol. The topological polar surface area (TPSA) is 42.4 Å². The molecule has 0 bridgehead atoms. The van der Waals surface area contributed by atoms with Crippen LogP contribution in [0.5, 0.6) is 11.5 Å². The van der Waals surface area contributed by atoms with Crippen molar-refractivity contribution in [3.05, 3.63) is 54.1 Å². The Labute approximate surface area is 110 Å². The Kier molecular flexibility index (Phi) is 2.03. The molecule has 3 nitrogen and oxygen atoms in total. The predicted molar refractivity (Wildman–Crippen MR) is 73.2 cm³/mol. The third-order valence-electron chi connectivity index (χ3n) is 3.41. The first-order valence-electron chi connectivity index (χ1n) is 6.16. The lowest BCUT2D eigenvalue weighted by Gasteiger charge is -2.20. The molecule has 3 aromatic rings. The molecule has 92 valence electrons. The van der Waals surface area contributed by atoms with Crippen LogP contribution in [0.1, 0.15) is 5.56 Å². The number of benzene rings is 2. The number of phenols is 1. The van der Waals surface area contributed by atoms with Crippen molar-refractivity contribution in [2.24, 2.45) is 0 Å². The number of pyridine rings is 1. The molecule has 0 aliphatic carbocycles. The number of hydrogen-bond acceptors (Lipinski definition) is 3. The van der Waals surface area contributed by atoms with E-state index >= 15 is 0 Å². The summed E-state index contributed by atoms with van der Waals surface area (Å²) in [5.41, 5.74) is 3.93. The lowest BCUT2D eigenvalue weighted by molar-refractivity contribution is 0.300. The number of aromatic hydroxyl groups is 1. The Morgan fingerprint density at radius 1 is 1.05 bits per heavy atom. The van der Waals surface area contributed by atoms with Crippen LogP contribution < -0.4 is 4.74 Å². The van der Waals surface area contributed by atoms with Crippen LogP contribution in [0.25, 0.3) is 22.2 Å². The molecule has 1 aliphatic rings. The van der Waals surface area contributed by atoms with Crippen molar-refractivity contribution in [3.63, 3.8) is 0 Å². The number of para-hydroxylation sites is 1. The van der Waals surface area contributed by atoms with Gasteiger partial charge in [0.1, 0.15) is 18.1 Å². The molecule has 19 heavy (non-hydrogen) atoms. The lowest BCUT2D eigenvalue weighted by Crippen LogP contribution is -2.07. The first kappa shape index (κ1) is 10.4. The van der Waals surface area contributed by atoms with Crippen molar-refractivity contribution in [2.45, 2.75) is 6.61 Å². The SMILES string of the molecule is Oc1ccc2c(c1)OCc1cc3ccccc3nc1-2. The van der Waals surface area contributed by atoms with Gasteiger partial charge >= 0.3 is 0 Å². The average Bonchev–Trinajstić information content (AvgIpc) is 2.44. The number of hydrogen-bond donors (Lipinski definition) is 1. The molecule has 0 radical (unpaired) electrons. The zero-order chi connectivity index (χ0) is 12.8. The van der Waals surface area contributed by atoms with E-state index in [0.29, 0.717) is 12.4 Å². The fraction of sp³-hybridized carbons (Fsp3) is 0.0625. The normalized spacial score (nSPS) is 12.6. The molecule has 3 heteroatoms. The zero-order valence-electron chi connectivity index (χ0n) is 10.1. The van der Waals surface area contributed by atoms with Gasteiger partial charge in [0, 0.05) is 22.6 Å². The second-order valence-corrected chi connectivity index (χ2v) is 4.66. The molecule has 4 rings (SSSR count). The van der Waals surface area contributed by atoms with Gasteiger partial charge in [-0.2, -0.15) is 0 Å². The van der Waals surface area contributed by atoms with E-state index in [1.807, 2.05) is 24.3 Å². The number of phenolic OH excluding ortho intramolecular Hbond substituents is 1. The predicted octanol–water partition coefficient (Wildman–Crippen LogP) is 3.50. The van der Waals surface area contributed by atoms with E-state index in [0.717, 1.165) is 27.7 Å². The summed E-state index contributed by atoms with van der Waals surface area (Å²) in [5.74, 6) is 0.901. The molecule has 0 unspecified atom stereocenters. The molecule has 0 spiro atoms. The molecule has 1 aliphatic heterocycles. The monoisotopic (exact) mass is 249 g/mol. The summed E-state index contributed by atoms with van der Waals surface area (Å²) in [6.45, 7) is 0.490. The highest BCUT2D eigenvalue weighted by Gasteiger charge is 2.19. The zero-order valence-corrected chi connectivity index (χ0v) is 10.1. The first-order valence-corrected chi connectivity index (χ1v) is 6.16. The van der Waals surface area contributed by atoms with Crippen LogP contribution in [0.15, 0.2) is 48.5 Å². The van der Waals surface area contributed by atoms with Crippen LogP contribution in [0.3, 0.4) is 0 Å². The Hall–Kier alpha value is -2.55. The minimum absolute atomic E-state index is 0.211. The molecule has 1 N–H and O–H groups in total. The van der Waals surface area contributed by atoms with E-state index in [2.05, 4.69) is 12.1 Å². The summed E-state index contributed by atoms with van der Waals surface area (Å²) in [6, 6.07) is 15.3. The highest BCUT2D eigenvalue weighted by molar-refractivity contribution is 5.85. The molecule has 0 atom stereocenters.